The third kappa shape index (κ3) is 6.58. The van der Waals surface area contributed by atoms with Gasteiger partial charge in [0.1, 0.15) is 6.61 Å². The lowest BCUT2D eigenvalue weighted by Crippen LogP contribution is -2.32. The van der Waals surface area contributed by atoms with Crippen LogP contribution in [0.4, 0.5) is 0 Å². The summed E-state index contributed by atoms with van der Waals surface area (Å²) in [4.78, 5) is 0. The van der Waals surface area contributed by atoms with E-state index in [4.69, 9.17) is 21.7 Å². The molecule has 0 aliphatic carbocycles. The Hall–Kier alpha value is -2.08. The van der Waals surface area contributed by atoms with Crippen LogP contribution in [-0.2, 0) is 0 Å². The van der Waals surface area contributed by atoms with Gasteiger partial charge in [-0.2, -0.15) is 5.10 Å². The van der Waals surface area contributed by atoms with E-state index in [2.05, 4.69) is 29.3 Å². The first kappa shape index (κ1) is 18.0. The zero-order valence-corrected chi connectivity index (χ0v) is 13.9. The molecule has 0 radical (unpaired) electrons. The second-order valence-electron chi connectivity index (χ2n) is 4.49. The summed E-state index contributed by atoms with van der Waals surface area (Å²) in [5.74, 6) is 1.32. The van der Waals surface area contributed by atoms with E-state index in [1.165, 1.54) is 0 Å². The van der Waals surface area contributed by atoms with Crippen LogP contribution in [0.1, 0.15) is 25.3 Å². The molecule has 0 heterocycles. The summed E-state index contributed by atoms with van der Waals surface area (Å²) in [7, 11) is 1.60. The Balaban J connectivity index is 2.56. The minimum atomic E-state index is 0.434. The zero-order chi connectivity index (χ0) is 16.2. The van der Waals surface area contributed by atoms with E-state index in [0.29, 0.717) is 23.2 Å². The maximum atomic E-state index is 5.50. The lowest BCUT2D eigenvalue weighted by Gasteiger charge is -2.09. The Bertz CT molecular complexity index is 518. The van der Waals surface area contributed by atoms with Crippen LogP contribution < -0.4 is 20.2 Å². The number of ether oxygens (including phenoxy) is 2. The van der Waals surface area contributed by atoms with Crippen LogP contribution in [0.3, 0.4) is 0 Å². The zero-order valence-electron chi connectivity index (χ0n) is 13.1. The van der Waals surface area contributed by atoms with Crippen LogP contribution in [-0.4, -0.2) is 31.6 Å². The first-order valence-electron chi connectivity index (χ1n) is 7.19. The van der Waals surface area contributed by atoms with E-state index in [-0.39, 0.29) is 0 Å². The number of hydrogen-bond acceptors (Lipinski definition) is 4. The largest absolute Gasteiger partial charge is 0.493 e. The molecule has 0 atom stereocenters. The first-order chi connectivity index (χ1) is 10.7. The van der Waals surface area contributed by atoms with E-state index in [9.17, 15) is 0 Å². The van der Waals surface area contributed by atoms with Crippen LogP contribution in [0, 0.1) is 0 Å². The molecule has 0 fully saturated rings. The average Bonchev–Trinajstić information content (AvgIpc) is 2.53. The van der Waals surface area contributed by atoms with E-state index >= 15 is 0 Å². The van der Waals surface area contributed by atoms with Gasteiger partial charge in [0, 0.05) is 6.54 Å². The Morgan fingerprint density at radius 2 is 2.23 bits per heavy atom. The number of nitrogens with one attached hydrogen (secondary N) is 2. The Labute approximate surface area is 137 Å². The van der Waals surface area contributed by atoms with E-state index in [1.807, 2.05) is 18.2 Å². The molecule has 2 N–H and O–H groups in total. The van der Waals surface area contributed by atoms with Crippen molar-refractivity contribution >= 4 is 23.5 Å². The smallest absolute Gasteiger partial charge is 0.186 e. The van der Waals surface area contributed by atoms with Gasteiger partial charge in [0.05, 0.1) is 13.3 Å². The fourth-order valence-electron chi connectivity index (χ4n) is 1.62. The van der Waals surface area contributed by atoms with Gasteiger partial charge in [0.25, 0.3) is 0 Å². The molecule has 0 saturated carbocycles. The number of benzene rings is 1. The monoisotopic (exact) mass is 321 g/mol. The lowest BCUT2D eigenvalue weighted by atomic mass is 10.2. The number of methoxy groups -OCH3 is 1. The summed E-state index contributed by atoms with van der Waals surface area (Å²) in [6.45, 7) is 7.03. The normalized spacial score (nSPS) is 10.3. The van der Waals surface area contributed by atoms with Gasteiger partial charge in [0.2, 0.25) is 0 Å². The molecule has 1 aromatic rings. The quantitative estimate of drug-likeness (QED) is 0.241. The number of rotatable bonds is 9. The molecular formula is C16H23N3O2S. The van der Waals surface area contributed by atoms with E-state index in [1.54, 1.807) is 19.4 Å². The predicted octanol–water partition coefficient (Wildman–Crippen LogP) is 2.86. The van der Waals surface area contributed by atoms with Gasteiger partial charge in [-0.05, 0) is 42.4 Å². The number of unbranched alkanes of at least 4 members (excludes halogenated alkanes) is 1. The molecule has 0 spiro atoms. The molecule has 5 nitrogen and oxygen atoms in total. The molecule has 22 heavy (non-hydrogen) atoms. The highest BCUT2D eigenvalue weighted by Gasteiger charge is 2.04. The minimum Gasteiger partial charge on any atom is -0.493 e. The highest BCUT2D eigenvalue weighted by Crippen LogP contribution is 2.27. The van der Waals surface area contributed by atoms with Gasteiger partial charge in [-0.1, -0.05) is 26.0 Å². The topological polar surface area (TPSA) is 54.9 Å². The van der Waals surface area contributed by atoms with Crippen molar-refractivity contribution in [3.63, 3.8) is 0 Å². The first-order valence-corrected chi connectivity index (χ1v) is 7.60. The van der Waals surface area contributed by atoms with Crippen molar-refractivity contribution < 1.29 is 9.47 Å². The maximum Gasteiger partial charge on any atom is 0.186 e. The SMILES string of the molecule is C=CCOc1ccc(/C=N\NC(=S)NCCCC)cc1OC. The lowest BCUT2D eigenvalue weighted by molar-refractivity contribution is 0.326. The molecule has 120 valence electrons. The van der Waals surface area contributed by atoms with Gasteiger partial charge >= 0.3 is 0 Å². The Kier molecular flexibility index (Phi) is 8.67. The highest BCUT2D eigenvalue weighted by atomic mass is 32.1. The molecule has 0 aromatic heterocycles. The fraction of sp³-hybridized carbons (Fsp3) is 0.375. The van der Waals surface area contributed by atoms with E-state index < -0.39 is 0 Å². The minimum absolute atomic E-state index is 0.434. The van der Waals surface area contributed by atoms with E-state index in [0.717, 1.165) is 24.9 Å². The second kappa shape index (κ2) is 10.6. The van der Waals surface area contributed by atoms with Gasteiger partial charge in [-0.3, -0.25) is 5.43 Å². The van der Waals surface area contributed by atoms with Crippen LogP contribution in [0.15, 0.2) is 36.0 Å². The molecular weight excluding hydrogens is 298 g/mol. The number of hydrogen-bond donors (Lipinski definition) is 2. The number of nitrogens with zero attached hydrogens (tertiary/aromatic N) is 1. The summed E-state index contributed by atoms with van der Waals surface area (Å²) in [6, 6.07) is 5.57. The van der Waals surface area contributed by atoms with Crippen molar-refractivity contribution in [2.45, 2.75) is 19.8 Å². The maximum absolute atomic E-state index is 5.50. The molecule has 1 aromatic carbocycles. The van der Waals surface area contributed by atoms with Crippen molar-refractivity contribution in [3.05, 3.63) is 36.4 Å². The molecule has 6 heteroatoms. The summed E-state index contributed by atoms with van der Waals surface area (Å²) in [6.07, 6.45) is 5.56. The third-order valence-corrected chi connectivity index (χ3v) is 2.98. The molecule has 0 aliphatic heterocycles. The van der Waals surface area contributed by atoms with Crippen LogP contribution in [0.5, 0.6) is 11.5 Å². The Morgan fingerprint density at radius 1 is 1.41 bits per heavy atom. The average molecular weight is 321 g/mol. The molecule has 0 aliphatic rings. The fourth-order valence-corrected chi connectivity index (χ4v) is 1.77. The highest BCUT2D eigenvalue weighted by molar-refractivity contribution is 7.80. The standard InChI is InChI=1S/C16H23N3O2S/c1-4-6-9-17-16(22)19-18-12-13-7-8-14(21-10-5-2)15(11-13)20-3/h5,7-8,11-12H,2,4,6,9-10H2,1,3H3,(H2,17,19,22)/b18-12-. The van der Waals surface area contributed by atoms with Crippen LogP contribution in [0.2, 0.25) is 0 Å². The second-order valence-corrected chi connectivity index (χ2v) is 4.90. The van der Waals surface area contributed by atoms with Crippen molar-refractivity contribution in [1.29, 1.82) is 0 Å². The van der Waals surface area contributed by atoms with Gasteiger partial charge in [-0.15, -0.1) is 0 Å². The third-order valence-electron chi connectivity index (χ3n) is 2.74. The molecule has 0 unspecified atom stereocenters. The predicted molar refractivity (Wildman–Crippen MR) is 94.9 cm³/mol. The number of thiocarbonyl (C=S) groups is 1. The van der Waals surface area contributed by atoms with Crippen LogP contribution in [0.25, 0.3) is 0 Å². The van der Waals surface area contributed by atoms with Gasteiger partial charge in [0.15, 0.2) is 16.6 Å². The van der Waals surface area contributed by atoms with Crippen molar-refractivity contribution in [1.82, 2.24) is 10.7 Å². The van der Waals surface area contributed by atoms with Crippen molar-refractivity contribution in [3.8, 4) is 11.5 Å². The van der Waals surface area contributed by atoms with Gasteiger partial charge < -0.3 is 14.8 Å². The Morgan fingerprint density at radius 3 is 2.91 bits per heavy atom. The van der Waals surface area contributed by atoms with Crippen molar-refractivity contribution in [2.75, 3.05) is 20.3 Å². The molecule has 0 bridgehead atoms. The van der Waals surface area contributed by atoms with Crippen LogP contribution >= 0.6 is 12.2 Å². The summed E-state index contributed by atoms with van der Waals surface area (Å²) < 4.78 is 10.8. The van der Waals surface area contributed by atoms with Gasteiger partial charge in [-0.25, -0.2) is 0 Å². The summed E-state index contributed by atoms with van der Waals surface area (Å²) in [5.41, 5.74) is 3.66. The van der Waals surface area contributed by atoms with Crippen molar-refractivity contribution in [2.24, 2.45) is 5.10 Å². The molecule has 0 saturated heterocycles. The summed E-state index contributed by atoms with van der Waals surface area (Å²) in [5, 5.41) is 7.69. The molecule has 0 amide bonds. The number of hydrazone groups is 1. The molecule has 1 rings (SSSR count). The summed E-state index contributed by atoms with van der Waals surface area (Å²) >= 11 is 5.11.